The third kappa shape index (κ3) is 2.35. The first-order valence-corrected chi connectivity index (χ1v) is 5.61. The molecule has 5 heteroatoms. The molecule has 5 nitrogen and oxygen atoms in total. The van der Waals surface area contributed by atoms with Gasteiger partial charge >= 0.3 is 0 Å². The lowest BCUT2D eigenvalue weighted by Crippen LogP contribution is -2.38. The summed E-state index contributed by atoms with van der Waals surface area (Å²) in [6.07, 6.45) is 2.57. The second-order valence-electron chi connectivity index (χ2n) is 3.96. The maximum absolute atomic E-state index is 12.2. The molecule has 1 aromatic heterocycles. The number of carbonyl (C=O) groups excluding carboxylic acids is 1. The van der Waals surface area contributed by atoms with Crippen LogP contribution in [0.2, 0.25) is 0 Å². The van der Waals surface area contributed by atoms with Gasteiger partial charge in [-0.2, -0.15) is 5.10 Å². The lowest BCUT2D eigenvalue weighted by atomic mass is 10.2. The molecule has 1 amide bonds. The van der Waals surface area contributed by atoms with Crippen LogP contribution in [0.5, 0.6) is 0 Å². The number of anilines is 1. The van der Waals surface area contributed by atoms with E-state index in [4.69, 9.17) is 5.73 Å². The van der Waals surface area contributed by atoms with E-state index in [0.29, 0.717) is 17.9 Å². The zero-order valence-corrected chi connectivity index (χ0v) is 10.4. The largest absolute Gasteiger partial charge is 0.396 e. The van der Waals surface area contributed by atoms with Crippen molar-refractivity contribution < 1.29 is 4.79 Å². The third-order valence-electron chi connectivity index (χ3n) is 2.78. The number of hydrogen-bond acceptors (Lipinski definition) is 3. The van der Waals surface area contributed by atoms with Gasteiger partial charge < -0.3 is 10.6 Å². The van der Waals surface area contributed by atoms with E-state index in [1.165, 1.54) is 0 Å². The van der Waals surface area contributed by atoms with Crippen LogP contribution in [0, 0.1) is 0 Å². The van der Waals surface area contributed by atoms with Crippen LogP contribution in [0.4, 0.5) is 5.69 Å². The first kappa shape index (κ1) is 12.5. The summed E-state index contributed by atoms with van der Waals surface area (Å²) in [6, 6.07) is 0.207. The number of nitrogen functional groups attached to an aromatic ring is 1. The molecular formula is C11H20N4O. The van der Waals surface area contributed by atoms with E-state index in [1.807, 2.05) is 13.8 Å². The predicted molar refractivity (Wildman–Crippen MR) is 64.1 cm³/mol. The first-order chi connectivity index (χ1) is 7.51. The summed E-state index contributed by atoms with van der Waals surface area (Å²) in [5, 5.41) is 4.10. The lowest BCUT2D eigenvalue weighted by molar-refractivity contribution is 0.0694. The highest BCUT2D eigenvalue weighted by Crippen LogP contribution is 2.14. The molecule has 16 heavy (non-hydrogen) atoms. The molecule has 0 aliphatic heterocycles. The fourth-order valence-corrected chi connectivity index (χ4v) is 1.68. The molecule has 0 fully saturated rings. The fourth-order valence-electron chi connectivity index (χ4n) is 1.68. The minimum absolute atomic E-state index is 0.0880. The van der Waals surface area contributed by atoms with Gasteiger partial charge in [0.1, 0.15) is 0 Å². The van der Waals surface area contributed by atoms with Crippen LogP contribution in [0.15, 0.2) is 6.20 Å². The van der Waals surface area contributed by atoms with Crippen molar-refractivity contribution in [1.29, 1.82) is 0 Å². The average molecular weight is 224 g/mol. The van der Waals surface area contributed by atoms with Crippen LogP contribution >= 0.6 is 0 Å². The highest BCUT2D eigenvalue weighted by Gasteiger charge is 2.23. The zero-order chi connectivity index (χ0) is 12.3. The highest BCUT2D eigenvalue weighted by molar-refractivity contribution is 5.97. The van der Waals surface area contributed by atoms with Crippen LogP contribution in [0.3, 0.4) is 0 Å². The van der Waals surface area contributed by atoms with Crippen molar-refractivity contribution in [2.24, 2.45) is 7.05 Å². The molecule has 0 radical (unpaired) electrons. The van der Waals surface area contributed by atoms with Crippen molar-refractivity contribution in [3.05, 3.63) is 11.9 Å². The summed E-state index contributed by atoms with van der Waals surface area (Å²) < 4.78 is 1.56. The number of rotatable bonds is 4. The van der Waals surface area contributed by atoms with Gasteiger partial charge in [-0.15, -0.1) is 0 Å². The van der Waals surface area contributed by atoms with Gasteiger partial charge in [0.2, 0.25) is 0 Å². The van der Waals surface area contributed by atoms with E-state index in [-0.39, 0.29) is 11.9 Å². The number of aryl methyl sites for hydroxylation is 1. The van der Waals surface area contributed by atoms with Crippen molar-refractivity contribution in [3.63, 3.8) is 0 Å². The second-order valence-corrected chi connectivity index (χ2v) is 3.96. The standard InChI is InChI=1S/C11H20N4O/c1-5-8(3)15(6-2)11(16)10-9(12)7-14(4)13-10/h7-8H,5-6,12H2,1-4H3. The van der Waals surface area contributed by atoms with Crippen molar-refractivity contribution in [2.75, 3.05) is 12.3 Å². The summed E-state index contributed by atoms with van der Waals surface area (Å²) >= 11 is 0. The van der Waals surface area contributed by atoms with Gasteiger partial charge in [-0.3, -0.25) is 9.48 Å². The number of aromatic nitrogens is 2. The van der Waals surface area contributed by atoms with Gasteiger partial charge in [0.05, 0.1) is 5.69 Å². The van der Waals surface area contributed by atoms with E-state index in [0.717, 1.165) is 6.42 Å². The number of nitrogens with two attached hydrogens (primary N) is 1. The molecule has 0 bridgehead atoms. The maximum Gasteiger partial charge on any atom is 0.276 e. The Morgan fingerprint density at radius 3 is 2.62 bits per heavy atom. The van der Waals surface area contributed by atoms with Gasteiger partial charge in [0.15, 0.2) is 5.69 Å². The molecule has 0 saturated heterocycles. The summed E-state index contributed by atoms with van der Waals surface area (Å²) in [5.74, 6) is -0.0880. The smallest absolute Gasteiger partial charge is 0.276 e. The Bertz CT molecular complexity index is 372. The van der Waals surface area contributed by atoms with E-state index in [2.05, 4.69) is 12.0 Å². The van der Waals surface area contributed by atoms with Crippen LogP contribution in [-0.2, 0) is 7.05 Å². The third-order valence-corrected chi connectivity index (χ3v) is 2.78. The Hall–Kier alpha value is -1.52. The zero-order valence-electron chi connectivity index (χ0n) is 10.4. The molecule has 1 aromatic rings. The summed E-state index contributed by atoms with van der Waals surface area (Å²) in [5.41, 5.74) is 6.54. The van der Waals surface area contributed by atoms with Crippen molar-refractivity contribution in [3.8, 4) is 0 Å². The molecule has 0 aliphatic rings. The van der Waals surface area contributed by atoms with Crippen molar-refractivity contribution in [2.45, 2.75) is 33.2 Å². The fraction of sp³-hybridized carbons (Fsp3) is 0.636. The van der Waals surface area contributed by atoms with E-state index < -0.39 is 0 Å². The first-order valence-electron chi connectivity index (χ1n) is 5.61. The van der Waals surface area contributed by atoms with Crippen molar-refractivity contribution in [1.82, 2.24) is 14.7 Å². The van der Waals surface area contributed by atoms with E-state index in [1.54, 1.807) is 22.8 Å². The highest BCUT2D eigenvalue weighted by atomic mass is 16.2. The molecular weight excluding hydrogens is 204 g/mol. The molecule has 1 heterocycles. The summed E-state index contributed by atoms with van der Waals surface area (Å²) in [4.78, 5) is 14.0. The minimum Gasteiger partial charge on any atom is -0.396 e. The van der Waals surface area contributed by atoms with Gasteiger partial charge in [-0.05, 0) is 20.3 Å². The summed E-state index contributed by atoms with van der Waals surface area (Å²) in [7, 11) is 1.76. The quantitative estimate of drug-likeness (QED) is 0.837. The Morgan fingerprint density at radius 2 is 2.25 bits per heavy atom. The molecule has 0 aliphatic carbocycles. The number of carbonyl (C=O) groups is 1. The van der Waals surface area contributed by atoms with Crippen LogP contribution < -0.4 is 5.73 Å². The number of hydrogen-bond donors (Lipinski definition) is 1. The Labute approximate surface area is 96.2 Å². The van der Waals surface area contributed by atoms with Gasteiger partial charge in [0, 0.05) is 25.8 Å². The molecule has 1 rings (SSSR count). The van der Waals surface area contributed by atoms with Gasteiger partial charge in [-0.25, -0.2) is 0 Å². The molecule has 0 saturated carbocycles. The number of amides is 1. The monoisotopic (exact) mass is 224 g/mol. The van der Waals surface area contributed by atoms with Gasteiger partial charge in [-0.1, -0.05) is 6.92 Å². The van der Waals surface area contributed by atoms with Crippen LogP contribution in [0.25, 0.3) is 0 Å². The average Bonchev–Trinajstić information content (AvgIpc) is 2.58. The summed E-state index contributed by atoms with van der Waals surface area (Å²) in [6.45, 7) is 6.72. The normalized spacial score (nSPS) is 12.5. The lowest BCUT2D eigenvalue weighted by Gasteiger charge is -2.26. The topological polar surface area (TPSA) is 64.2 Å². The van der Waals surface area contributed by atoms with E-state index >= 15 is 0 Å². The minimum atomic E-state index is -0.0880. The molecule has 0 spiro atoms. The van der Waals surface area contributed by atoms with Crippen LogP contribution in [-0.4, -0.2) is 33.2 Å². The van der Waals surface area contributed by atoms with Crippen molar-refractivity contribution >= 4 is 11.6 Å². The second kappa shape index (κ2) is 5.01. The van der Waals surface area contributed by atoms with Gasteiger partial charge in [0.25, 0.3) is 5.91 Å². The Kier molecular flexibility index (Phi) is 3.93. The molecule has 90 valence electrons. The molecule has 0 aromatic carbocycles. The van der Waals surface area contributed by atoms with Crippen LogP contribution in [0.1, 0.15) is 37.7 Å². The Balaban J connectivity index is 2.95. The number of nitrogens with zero attached hydrogens (tertiary/aromatic N) is 3. The Morgan fingerprint density at radius 1 is 1.62 bits per heavy atom. The van der Waals surface area contributed by atoms with E-state index in [9.17, 15) is 4.79 Å². The molecule has 1 unspecified atom stereocenters. The predicted octanol–water partition coefficient (Wildman–Crippen LogP) is 1.26. The molecule has 1 atom stereocenters. The molecule has 2 N–H and O–H groups in total. The SMILES string of the molecule is CCC(C)N(CC)C(=O)c1nn(C)cc1N. The maximum atomic E-state index is 12.2.